The van der Waals surface area contributed by atoms with E-state index >= 15 is 0 Å². The molecule has 0 unspecified atom stereocenters. The molecule has 0 aromatic heterocycles. The van der Waals surface area contributed by atoms with Gasteiger partial charge in [0.05, 0.1) is 49.5 Å². The monoisotopic (exact) mass is 1130 g/mol. The van der Waals surface area contributed by atoms with Crippen molar-refractivity contribution in [2.24, 2.45) is 0 Å². The SMILES string of the molecule is O=C(O)/C=C/c1ccc2c(c1)CCO2.O=C(O)CCc1ccc2c(c1)CCO2.O=C1CCc2cc3c(c([N+](=O)[O-])c21)OCC3.O=C1CCc2cc3c(cc21)OCC3.O=Cc1ccc2c(c1)CCO2.O=[N+]([O-])c1c2c(cc3c1OCC3)CCC2. The van der Waals surface area contributed by atoms with Gasteiger partial charge >= 0.3 is 23.3 Å². The van der Waals surface area contributed by atoms with Gasteiger partial charge in [-0.1, -0.05) is 36.4 Å². The van der Waals surface area contributed by atoms with Crippen molar-refractivity contribution in [3.05, 3.63) is 189 Å². The molecule has 9 aliphatic rings. The number of aliphatic carboxylic acids is 2. The smallest absolute Gasteiger partial charge is 0.328 e. The number of fused-ring (bicyclic) bond motifs is 9. The van der Waals surface area contributed by atoms with E-state index in [9.17, 15) is 44.2 Å². The number of rotatable bonds is 8. The van der Waals surface area contributed by atoms with Crippen LogP contribution in [0.1, 0.15) is 124 Å². The van der Waals surface area contributed by atoms with Crippen molar-refractivity contribution >= 4 is 47.2 Å². The zero-order valence-corrected chi connectivity index (χ0v) is 45.5. The Morgan fingerprint density at radius 1 is 0.494 bits per heavy atom. The summed E-state index contributed by atoms with van der Waals surface area (Å²) in [5.74, 6) is 3.00. The Labute approximate surface area is 477 Å². The van der Waals surface area contributed by atoms with Gasteiger partial charge in [-0.25, -0.2) is 4.79 Å². The number of nitrogens with zero attached hydrogens (tertiary/aromatic N) is 2. The van der Waals surface area contributed by atoms with Gasteiger partial charge in [-0.2, -0.15) is 0 Å². The van der Waals surface area contributed by atoms with E-state index in [2.05, 4.69) is 12.1 Å². The molecule has 6 aliphatic heterocycles. The fourth-order valence-corrected chi connectivity index (χ4v) is 11.5. The Bertz CT molecular complexity index is 3590. The summed E-state index contributed by atoms with van der Waals surface area (Å²) in [5.41, 5.74) is 14.7. The van der Waals surface area contributed by atoms with Crippen molar-refractivity contribution < 1.29 is 72.5 Å². The summed E-state index contributed by atoms with van der Waals surface area (Å²) in [6.45, 7) is 4.04. The quantitative estimate of drug-likeness (QED) is 0.0621. The van der Waals surface area contributed by atoms with Gasteiger partial charge in [0, 0.05) is 91.7 Å². The van der Waals surface area contributed by atoms with Gasteiger partial charge in [-0.3, -0.25) is 39.4 Å². The van der Waals surface area contributed by atoms with Gasteiger partial charge in [-0.15, -0.1) is 0 Å². The first-order valence-electron chi connectivity index (χ1n) is 27.8. The minimum Gasteiger partial charge on any atom is -0.493 e. The number of benzene rings is 6. The molecule has 19 heteroatoms. The first kappa shape index (κ1) is 56.9. The predicted molar refractivity (Wildman–Crippen MR) is 302 cm³/mol. The summed E-state index contributed by atoms with van der Waals surface area (Å²) < 4.78 is 32.0. The van der Waals surface area contributed by atoms with Crippen LogP contribution in [0.4, 0.5) is 11.4 Å². The number of nitro groups is 2. The van der Waals surface area contributed by atoms with E-state index in [4.69, 9.17) is 38.6 Å². The minimum atomic E-state index is -0.929. The highest BCUT2D eigenvalue weighted by Crippen LogP contribution is 2.45. The predicted octanol–water partition coefficient (Wildman–Crippen LogP) is 10.2. The van der Waals surface area contributed by atoms with Crippen LogP contribution < -0.4 is 28.4 Å². The van der Waals surface area contributed by atoms with Gasteiger partial charge in [-0.05, 0) is 137 Å². The highest BCUT2D eigenvalue weighted by molar-refractivity contribution is 6.05. The molecule has 0 radical (unpaired) electrons. The summed E-state index contributed by atoms with van der Waals surface area (Å²) in [6, 6.07) is 25.2. The van der Waals surface area contributed by atoms with E-state index in [0.29, 0.717) is 56.8 Å². The van der Waals surface area contributed by atoms with Crippen molar-refractivity contribution in [3.8, 4) is 34.5 Å². The number of carboxylic acid groups (broad SMARTS) is 2. The molecule has 6 heterocycles. The Morgan fingerprint density at radius 3 is 1.61 bits per heavy atom. The second-order valence-corrected chi connectivity index (χ2v) is 20.9. The van der Waals surface area contributed by atoms with Gasteiger partial charge in [0.2, 0.25) is 11.5 Å². The number of nitro benzene ring substituents is 2. The molecule has 2 N–H and O–H groups in total. The molecule has 0 saturated heterocycles. The summed E-state index contributed by atoms with van der Waals surface area (Å²) in [6.07, 6.45) is 15.1. The van der Waals surface area contributed by atoms with Crippen molar-refractivity contribution in [1.82, 2.24) is 0 Å². The number of Topliss-reactive ketones (excluding diaryl/α,β-unsaturated/α-hetero) is 2. The normalized spacial score (nSPS) is 15.7. The molecule has 6 aromatic carbocycles. The van der Waals surface area contributed by atoms with Crippen LogP contribution in [0.2, 0.25) is 0 Å². The first-order valence-corrected chi connectivity index (χ1v) is 27.8. The standard InChI is InChI=1S/C11H9NO4.C11H11NO3.C11H12O3.C11H10O3.C11H10O2.C9H8O2/c13-8-2-1-6-5-7-3-4-16-11(7)10(9(6)8)12(14)15;13-12(14)10-9-3-1-2-7(9)6-8-4-5-15-11(8)10;2*12-11(13)4-2-8-1-3-10-9(7-8)5-6-14-10;12-10-2-1-7-5-8-3-4-13-11(8)6-9(7)10;10-6-7-1-2-9-8(5-7)3-4-11-9/h5H,1-4H2;6H,1-5H2;1,3,7H,2,4-6H2,(H,12,13);1-4,7H,5-6H2,(H,12,13);5-6H,1-4H2;1-2,5-6H,3-4H2/b;;;4-2+;;. The Balaban J connectivity index is 0.000000112. The molecular formula is C64H60N2O17. The lowest BCUT2D eigenvalue weighted by molar-refractivity contribution is -0.386. The molecule has 19 nitrogen and oxygen atoms in total. The summed E-state index contributed by atoms with van der Waals surface area (Å²) in [5, 5.41) is 39.1. The van der Waals surface area contributed by atoms with E-state index in [-0.39, 0.29) is 39.8 Å². The van der Waals surface area contributed by atoms with Gasteiger partial charge < -0.3 is 38.6 Å². The van der Waals surface area contributed by atoms with Crippen LogP contribution in [0.5, 0.6) is 34.5 Å². The lowest BCUT2D eigenvalue weighted by Crippen LogP contribution is -2.02. The molecule has 0 amide bonds. The van der Waals surface area contributed by atoms with Crippen molar-refractivity contribution in [3.63, 3.8) is 0 Å². The maximum absolute atomic E-state index is 11.6. The van der Waals surface area contributed by atoms with Crippen LogP contribution in [0, 0.1) is 20.2 Å². The number of aldehydes is 1. The third kappa shape index (κ3) is 13.2. The average Bonchev–Trinajstić information content (AvgIpc) is 4.53. The topological polar surface area (TPSA) is 267 Å². The van der Waals surface area contributed by atoms with E-state index < -0.39 is 16.9 Å². The number of carboxylic acids is 2. The molecule has 3 aliphatic carbocycles. The van der Waals surface area contributed by atoms with Crippen molar-refractivity contribution in [1.29, 1.82) is 0 Å². The zero-order chi connectivity index (χ0) is 58.1. The fourth-order valence-electron chi connectivity index (χ4n) is 11.5. The third-order valence-corrected chi connectivity index (χ3v) is 15.5. The van der Waals surface area contributed by atoms with Crippen LogP contribution in [0.25, 0.3) is 6.08 Å². The summed E-state index contributed by atoms with van der Waals surface area (Å²) in [4.78, 5) is 75.4. The van der Waals surface area contributed by atoms with Crippen LogP contribution >= 0.6 is 0 Å². The van der Waals surface area contributed by atoms with E-state index in [0.717, 1.165) is 181 Å². The van der Waals surface area contributed by atoms with Crippen LogP contribution in [-0.4, -0.2) is 89.5 Å². The van der Waals surface area contributed by atoms with Crippen LogP contribution in [-0.2, 0) is 80.2 Å². The molecule has 0 atom stereocenters. The number of carbonyl (C=O) groups excluding carboxylic acids is 3. The van der Waals surface area contributed by atoms with Gasteiger partial charge in [0.1, 0.15) is 34.8 Å². The fraction of sp³-hybridized carbons (Fsp3) is 0.328. The van der Waals surface area contributed by atoms with Gasteiger partial charge in [0.15, 0.2) is 11.6 Å². The van der Waals surface area contributed by atoms with Crippen molar-refractivity contribution in [2.45, 2.75) is 96.3 Å². The lowest BCUT2D eigenvalue weighted by Gasteiger charge is -2.06. The van der Waals surface area contributed by atoms with E-state index in [1.807, 2.05) is 60.7 Å². The summed E-state index contributed by atoms with van der Waals surface area (Å²) in [7, 11) is 0. The highest BCUT2D eigenvalue weighted by Gasteiger charge is 2.37. The maximum Gasteiger partial charge on any atom is 0.328 e. The Hall–Kier alpha value is -9.39. The number of aryl methyl sites for hydroxylation is 4. The second-order valence-electron chi connectivity index (χ2n) is 20.9. The lowest BCUT2D eigenvalue weighted by atomic mass is 10.0. The third-order valence-electron chi connectivity index (χ3n) is 15.5. The molecule has 0 fully saturated rings. The molecule has 0 bridgehead atoms. The number of carbonyl (C=O) groups is 5. The molecule has 0 spiro atoms. The molecule has 83 heavy (non-hydrogen) atoms. The minimum absolute atomic E-state index is 0.118. The molecule has 0 saturated carbocycles. The first-order chi connectivity index (χ1) is 40.2. The average molecular weight is 1130 g/mol. The van der Waals surface area contributed by atoms with E-state index in [1.165, 1.54) is 16.7 Å². The number of ketones is 2. The largest absolute Gasteiger partial charge is 0.493 e. The second kappa shape index (κ2) is 25.6. The van der Waals surface area contributed by atoms with Crippen LogP contribution in [0.15, 0.2) is 84.9 Å². The molecule has 428 valence electrons. The Morgan fingerprint density at radius 2 is 1.00 bits per heavy atom. The van der Waals surface area contributed by atoms with Crippen LogP contribution in [0.3, 0.4) is 0 Å². The molecular weight excluding hydrogens is 1070 g/mol. The number of ether oxygens (including phenoxy) is 6. The Kier molecular flexibility index (Phi) is 17.5. The molecule has 6 aromatic rings. The summed E-state index contributed by atoms with van der Waals surface area (Å²) >= 11 is 0. The maximum atomic E-state index is 11.6. The van der Waals surface area contributed by atoms with Gasteiger partial charge in [0.25, 0.3) is 0 Å². The van der Waals surface area contributed by atoms with E-state index in [1.54, 1.807) is 12.1 Å². The van der Waals surface area contributed by atoms with Crippen molar-refractivity contribution in [2.75, 3.05) is 39.6 Å². The highest BCUT2D eigenvalue weighted by atomic mass is 16.6. The zero-order valence-electron chi connectivity index (χ0n) is 45.5. The number of hydrogen-bond donors (Lipinski definition) is 2. The number of hydrogen-bond acceptors (Lipinski definition) is 15. The molecule has 15 rings (SSSR count).